The number of hydrogen-bond acceptors (Lipinski definition) is 3. The van der Waals surface area contributed by atoms with E-state index in [1.165, 1.54) is 6.92 Å². The molecule has 0 saturated carbocycles. The normalized spacial score (nSPS) is 16.6. The van der Waals surface area contributed by atoms with Crippen LogP contribution >= 0.6 is 0 Å². The van der Waals surface area contributed by atoms with Crippen molar-refractivity contribution in [3.63, 3.8) is 0 Å². The first-order valence-electron chi connectivity index (χ1n) is 5.90. The Bertz CT molecular complexity index is 357. The van der Waals surface area contributed by atoms with Crippen molar-refractivity contribution in [3.05, 3.63) is 35.9 Å². The molecule has 0 unspecified atom stereocenters. The van der Waals surface area contributed by atoms with Crippen LogP contribution in [0.15, 0.2) is 30.3 Å². The molecule has 2 N–H and O–H groups in total. The lowest BCUT2D eigenvalue weighted by atomic mass is 9.83. The minimum atomic E-state index is -0.861. The first-order chi connectivity index (χ1) is 7.95. The third kappa shape index (κ3) is 3.38. The molecule has 0 radical (unpaired) electrons. The molecule has 0 saturated heterocycles. The molecule has 3 heteroatoms. The van der Waals surface area contributed by atoms with Gasteiger partial charge in [0.2, 0.25) is 0 Å². The van der Waals surface area contributed by atoms with Crippen LogP contribution in [-0.2, 0) is 0 Å². The van der Waals surface area contributed by atoms with Gasteiger partial charge in [0.1, 0.15) is 0 Å². The van der Waals surface area contributed by atoms with Crippen molar-refractivity contribution in [3.8, 4) is 0 Å². The molecule has 1 aromatic rings. The molecule has 17 heavy (non-hydrogen) atoms. The fourth-order valence-electron chi connectivity index (χ4n) is 1.87. The van der Waals surface area contributed by atoms with E-state index in [1.54, 1.807) is 24.3 Å². The Hall–Kier alpha value is -1.19. The Morgan fingerprint density at radius 2 is 1.59 bits per heavy atom. The molecule has 3 nitrogen and oxygen atoms in total. The van der Waals surface area contributed by atoms with Crippen molar-refractivity contribution < 1.29 is 15.0 Å². The number of rotatable bonds is 5. The van der Waals surface area contributed by atoms with Crippen LogP contribution in [0.2, 0.25) is 0 Å². The fourth-order valence-corrected chi connectivity index (χ4v) is 1.87. The van der Waals surface area contributed by atoms with Crippen LogP contribution in [0.5, 0.6) is 0 Å². The summed E-state index contributed by atoms with van der Waals surface area (Å²) in [6, 6.07) is 8.77. The van der Waals surface area contributed by atoms with Crippen molar-refractivity contribution in [1.29, 1.82) is 0 Å². The fraction of sp³-hybridized carbons (Fsp3) is 0.500. The van der Waals surface area contributed by atoms with Crippen LogP contribution in [0.3, 0.4) is 0 Å². The summed E-state index contributed by atoms with van der Waals surface area (Å²) >= 11 is 0. The van der Waals surface area contributed by atoms with E-state index in [2.05, 4.69) is 0 Å². The van der Waals surface area contributed by atoms with Crippen molar-refractivity contribution in [2.75, 3.05) is 0 Å². The predicted octanol–water partition coefficient (Wildman–Crippen LogP) is 1.88. The zero-order valence-electron chi connectivity index (χ0n) is 10.5. The van der Waals surface area contributed by atoms with Crippen molar-refractivity contribution in [2.45, 2.75) is 33.0 Å². The van der Waals surface area contributed by atoms with E-state index in [1.807, 2.05) is 19.9 Å². The lowest BCUT2D eigenvalue weighted by molar-refractivity contribution is 0.00397. The number of aliphatic hydroxyl groups excluding tert-OH is 2. The van der Waals surface area contributed by atoms with Gasteiger partial charge in [0.25, 0.3) is 0 Å². The molecule has 94 valence electrons. The highest BCUT2D eigenvalue weighted by Crippen LogP contribution is 2.21. The smallest absolute Gasteiger partial charge is 0.171 e. The molecular formula is C14H20O3. The van der Waals surface area contributed by atoms with E-state index >= 15 is 0 Å². The van der Waals surface area contributed by atoms with Gasteiger partial charge in [-0.25, -0.2) is 0 Å². The number of carbonyl (C=O) groups is 1. The van der Waals surface area contributed by atoms with Crippen LogP contribution in [0.25, 0.3) is 0 Å². The second-order valence-corrected chi connectivity index (χ2v) is 4.73. The Labute approximate surface area is 102 Å². The topological polar surface area (TPSA) is 57.5 Å². The molecule has 0 aliphatic carbocycles. The number of carbonyl (C=O) groups excluding carboxylic acids is 1. The Balaban J connectivity index is 2.97. The molecular weight excluding hydrogens is 216 g/mol. The van der Waals surface area contributed by atoms with E-state index in [4.69, 9.17) is 0 Å². The molecule has 1 rings (SSSR count). The third-order valence-electron chi connectivity index (χ3n) is 2.93. The molecule has 0 fully saturated rings. The molecule has 3 atom stereocenters. The van der Waals surface area contributed by atoms with Crippen LogP contribution < -0.4 is 0 Å². The quantitative estimate of drug-likeness (QED) is 0.767. The number of benzene rings is 1. The zero-order chi connectivity index (χ0) is 13.0. The van der Waals surface area contributed by atoms with Crippen molar-refractivity contribution >= 4 is 5.78 Å². The maximum absolute atomic E-state index is 12.2. The molecule has 0 amide bonds. The first kappa shape index (κ1) is 13.9. The van der Waals surface area contributed by atoms with Gasteiger partial charge in [0.05, 0.1) is 18.1 Å². The summed E-state index contributed by atoms with van der Waals surface area (Å²) in [6.45, 7) is 5.20. The summed E-state index contributed by atoms with van der Waals surface area (Å²) in [5.41, 5.74) is 0.526. The summed E-state index contributed by atoms with van der Waals surface area (Å²) in [5, 5.41) is 19.7. The average Bonchev–Trinajstić information content (AvgIpc) is 2.29. The lowest BCUT2D eigenvalue weighted by Crippen LogP contribution is -2.39. The van der Waals surface area contributed by atoms with E-state index in [0.29, 0.717) is 5.56 Å². The second-order valence-electron chi connectivity index (χ2n) is 4.73. The van der Waals surface area contributed by atoms with Gasteiger partial charge < -0.3 is 10.2 Å². The van der Waals surface area contributed by atoms with Crippen LogP contribution in [-0.4, -0.2) is 28.2 Å². The van der Waals surface area contributed by atoms with Gasteiger partial charge in [-0.1, -0.05) is 44.2 Å². The third-order valence-corrected chi connectivity index (χ3v) is 2.93. The van der Waals surface area contributed by atoms with Gasteiger partial charge in [-0.2, -0.15) is 0 Å². The molecule has 0 heterocycles. The number of aliphatic hydroxyl groups is 2. The Kier molecular flexibility index (Phi) is 4.85. The number of ketones is 1. The molecule has 0 bridgehead atoms. The first-order valence-corrected chi connectivity index (χ1v) is 5.90. The monoisotopic (exact) mass is 236 g/mol. The van der Waals surface area contributed by atoms with Crippen LogP contribution in [0.4, 0.5) is 0 Å². The van der Waals surface area contributed by atoms with E-state index in [9.17, 15) is 15.0 Å². The molecule has 0 aromatic heterocycles. The maximum Gasteiger partial charge on any atom is 0.171 e. The SMILES string of the molecule is CC(C)[C@@H](O)[C@H](C(=O)c1ccccc1)[C@H](C)O. The van der Waals surface area contributed by atoms with Gasteiger partial charge in [0, 0.05) is 5.56 Å². The highest BCUT2D eigenvalue weighted by Gasteiger charge is 2.33. The van der Waals surface area contributed by atoms with E-state index in [0.717, 1.165) is 0 Å². The van der Waals surface area contributed by atoms with Crippen molar-refractivity contribution in [2.24, 2.45) is 11.8 Å². The summed E-state index contributed by atoms with van der Waals surface area (Å²) < 4.78 is 0. The zero-order valence-corrected chi connectivity index (χ0v) is 10.5. The molecule has 0 aliphatic heterocycles. The minimum Gasteiger partial charge on any atom is -0.393 e. The van der Waals surface area contributed by atoms with Gasteiger partial charge >= 0.3 is 0 Å². The lowest BCUT2D eigenvalue weighted by Gasteiger charge is -2.27. The molecule has 0 aliphatic rings. The van der Waals surface area contributed by atoms with Crippen molar-refractivity contribution in [1.82, 2.24) is 0 Å². The van der Waals surface area contributed by atoms with Crippen LogP contribution in [0, 0.1) is 11.8 Å². The van der Waals surface area contributed by atoms with E-state index in [-0.39, 0.29) is 11.7 Å². The minimum absolute atomic E-state index is 0.0673. The standard InChI is InChI=1S/C14H20O3/c1-9(2)13(16)12(10(3)15)14(17)11-7-5-4-6-8-11/h4-10,12-13,15-16H,1-3H3/t10-,12+,13+/m0/s1. The largest absolute Gasteiger partial charge is 0.393 e. The van der Waals surface area contributed by atoms with Gasteiger partial charge in [-0.05, 0) is 12.8 Å². The van der Waals surface area contributed by atoms with Gasteiger partial charge in [-0.15, -0.1) is 0 Å². The Morgan fingerprint density at radius 3 is 2.00 bits per heavy atom. The van der Waals surface area contributed by atoms with Crippen LogP contribution in [0.1, 0.15) is 31.1 Å². The summed E-state index contributed by atoms with van der Waals surface area (Å²) in [4.78, 5) is 12.2. The van der Waals surface area contributed by atoms with E-state index < -0.39 is 18.1 Å². The maximum atomic E-state index is 12.2. The highest BCUT2D eigenvalue weighted by molar-refractivity contribution is 5.98. The molecule has 1 aromatic carbocycles. The van der Waals surface area contributed by atoms with Gasteiger partial charge in [0.15, 0.2) is 5.78 Å². The number of Topliss-reactive ketones (excluding diaryl/α,β-unsaturated/α-hetero) is 1. The predicted molar refractivity (Wildman–Crippen MR) is 66.8 cm³/mol. The number of hydrogen-bond donors (Lipinski definition) is 2. The Morgan fingerprint density at radius 1 is 1.06 bits per heavy atom. The summed E-state index contributed by atoms with van der Waals surface area (Å²) in [7, 11) is 0. The summed E-state index contributed by atoms with van der Waals surface area (Å²) in [6.07, 6.45) is -1.69. The second kappa shape index (κ2) is 5.94. The summed E-state index contributed by atoms with van der Waals surface area (Å²) in [5.74, 6) is -1.04. The van der Waals surface area contributed by atoms with Gasteiger partial charge in [-0.3, -0.25) is 4.79 Å². The average molecular weight is 236 g/mol. The highest BCUT2D eigenvalue weighted by atomic mass is 16.3. The molecule has 0 spiro atoms.